The van der Waals surface area contributed by atoms with E-state index in [2.05, 4.69) is 15.9 Å². The van der Waals surface area contributed by atoms with E-state index in [4.69, 9.17) is 4.74 Å². The minimum atomic E-state index is -1.28. The number of aliphatic carboxylic acids is 1. The first-order valence-electron chi connectivity index (χ1n) is 6.37. The standard InChI is InChI=1S/C13H17BrN2O4/c1-3-15-7-9(14)6-10(15)11(17)16-5-4-13(8-16,20-2)12(18)19/h6-7H,3-5,8H2,1-2H3,(H,18,19). The van der Waals surface area contributed by atoms with Gasteiger partial charge in [0, 0.05) is 37.3 Å². The molecule has 0 aliphatic carbocycles. The number of likely N-dealkylation sites (tertiary alicyclic amines) is 1. The number of amides is 1. The largest absolute Gasteiger partial charge is 0.479 e. The Morgan fingerprint density at radius 3 is 2.75 bits per heavy atom. The fraction of sp³-hybridized carbons (Fsp3) is 0.538. The molecule has 0 aromatic carbocycles. The zero-order chi connectivity index (χ0) is 14.9. The highest BCUT2D eigenvalue weighted by atomic mass is 79.9. The monoisotopic (exact) mass is 344 g/mol. The van der Waals surface area contributed by atoms with E-state index in [1.807, 2.05) is 17.7 Å². The molecule has 0 bridgehead atoms. The quantitative estimate of drug-likeness (QED) is 0.900. The Labute approximate surface area is 125 Å². The molecule has 0 saturated carbocycles. The number of carboxylic acid groups (broad SMARTS) is 1. The Morgan fingerprint density at radius 1 is 1.55 bits per heavy atom. The van der Waals surface area contributed by atoms with E-state index >= 15 is 0 Å². The van der Waals surface area contributed by atoms with Gasteiger partial charge in [0.1, 0.15) is 5.69 Å². The normalized spacial score (nSPS) is 22.2. The second kappa shape index (κ2) is 5.57. The van der Waals surface area contributed by atoms with Gasteiger partial charge in [-0.25, -0.2) is 4.79 Å². The molecule has 2 rings (SSSR count). The van der Waals surface area contributed by atoms with Gasteiger partial charge in [-0.15, -0.1) is 0 Å². The van der Waals surface area contributed by atoms with Crippen LogP contribution >= 0.6 is 15.9 Å². The predicted molar refractivity (Wildman–Crippen MR) is 75.7 cm³/mol. The third-order valence-corrected chi connectivity index (χ3v) is 4.16. The van der Waals surface area contributed by atoms with Crippen molar-refractivity contribution in [3.8, 4) is 0 Å². The number of carbonyl (C=O) groups is 2. The van der Waals surface area contributed by atoms with E-state index in [0.717, 1.165) is 4.47 Å². The van der Waals surface area contributed by atoms with Gasteiger partial charge in [-0.05, 0) is 28.9 Å². The van der Waals surface area contributed by atoms with Crippen LogP contribution in [0.3, 0.4) is 0 Å². The summed E-state index contributed by atoms with van der Waals surface area (Å²) >= 11 is 3.35. The first-order chi connectivity index (χ1) is 9.43. The lowest BCUT2D eigenvalue weighted by atomic mass is 10.0. The molecule has 6 nitrogen and oxygen atoms in total. The van der Waals surface area contributed by atoms with E-state index in [9.17, 15) is 14.7 Å². The molecule has 1 N–H and O–H groups in total. The maximum absolute atomic E-state index is 12.5. The number of hydrogen-bond donors (Lipinski definition) is 1. The second-order valence-electron chi connectivity index (χ2n) is 4.81. The summed E-state index contributed by atoms with van der Waals surface area (Å²) in [5.74, 6) is -1.19. The molecule has 1 atom stereocenters. The van der Waals surface area contributed by atoms with Crippen LogP contribution in [0.4, 0.5) is 0 Å². The molecule has 1 aromatic heterocycles. The molecule has 1 aliphatic rings. The van der Waals surface area contributed by atoms with Gasteiger partial charge in [0.05, 0.1) is 6.54 Å². The van der Waals surface area contributed by atoms with Crippen molar-refractivity contribution in [2.75, 3.05) is 20.2 Å². The number of aryl methyl sites for hydroxylation is 1. The van der Waals surface area contributed by atoms with Gasteiger partial charge in [0.25, 0.3) is 5.91 Å². The molecule has 1 fully saturated rings. The Morgan fingerprint density at radius 2 is 2.25 bits per heavy atom. The highest BCUT2D eigenvalue weighted by Gasteiger charge is 2.47. The summed E-state index contributed by atoms with van der Waals surface area (Å²) in [6, 6.07) is 1.75. The van der Waals surface area contributed by atoms with Crippen molar-refractivity contribution in [2.24, 2.45) is 0 Å². The van der Waals surface area contributed by atoms with E-state index in [0.29, 0.717) is 25.2 Å². The lowest BCUT2D eigenvalue weighted by Crippen LogP contribution is -2.44. The Bertz CT molecular complexity index is 542. The fourth-order valence-corrected chi connectivity index (χ4v) is 2.93. The zero-order valence-electron chi connectivity index (χ0n) is 11.4. The van der Waals surface area contributed by atoms with Crippen LogP contribution in [0.2, 0.25) is 0 Å². The van der Waals surface area contributed by atoms with Crippen LogP contribution in [0.5, 0.6) is 0 Å². The molecule has 0 spiro atoms. The Hall–Kier alpha value is -1.34. The maximum Gasteiger partial charge on any atom is 0.337 e. The molecule has 1 aliphatic heterocycles. The number of hydrogen-bond acceptors (Lipinski definition) is 3. The molecule has 1 saturated heterocycles. The molecule has 1 unspecified atom stereocenters. The summed E-state index contributed by atoms with van der Waals surface area (Å²) in [4.78, 5) is 25.3. The molecular formula is C13H17BrN2O4. The maximum atomic E-state index is 12.5. The predicted octanol–water partition coefficient (Wildman–Crippen LogP) is 1.59. The van der Waals surface area contributed by atoms with Gasteiger partial charge >= 0.3 is 5.97 Å². The molecule has 7 heteroatoms. The van der Waals surface area contributed by atoms with Gasteiger partial charge in [-0.2, -0.15) is 0 Å². The van der Waals surface area contributed by atoms with Crippen molar-refractivity contribution >= 4 is 27.8 Å². The van der Waals surface area contributed by atoms with Crippen molar-refractivity contribution in [1.82, 2.24) is 9.47 Å². The zero-order valence-corrected chi connectivity index (χ0v) is 13.0. The summed E-state index contributed by atoms with van der Waals surface area (Å²) in [5.41, 5.74) is -0.729. The van der Waals surface area contributed by atoms with Gasteiger partial charge in [-0.3, -0.25) is 4.79 Å². The highest BCUT2D eigenvalue weighted by molar-refractivity contribution is 9.10. The summed E-state index contributed by atoms with van der Waals surface area (Å²) in [7, 11) is 1.37. The minimum absolute atomic E-state index is 0.0736. The number of ether oxygens (including phenoxy) is 1. The van der Waals surface area contributed by atoms with Gasteiger partial charge in [-0.1, -0.05) is 0 Å². The average molecular weight is 345 g/mol. The minimum Gasteiger partial charge on any atom is -0.479 e. The van der Waals surface area contributed by atoms with Crippen LogP contribution in [-0.4, -0.2) is 52.3 Å². The van der Waals surface area contributed by atoms with Crippen molar-refractivity contribution in [2.45, 2.75) is 25.5 Å². The van der Waals surface area contributed by atoms with Crippen LogP contribution in [0.25, 0.3) is 0 Å². The number of halogens is 1. The number of aromatic nitrogens is 1. The molecule has 110 valence electrons. The molecule has 20 heavy (non-hydrogen) atoms. The lowest BCUT2D eigenvalue weighted by Gasteiger charge is -2.23. The summed E-state index contributed by atoms with van der Waals surface area (Å²) in [6.45, 7) is 3.08. The van der Waals surface area contributed by atoms with Crippen molar-refractivity contribution in [3.63, 3.8) is 0 Å². The van der Waals surface area contributed by atoms with Crippen LogP contribution < -0.4 is 0 Å². The van der Waals surface area contributed by atoms with E-state index in [1.54, 1.807) is 6.07 Å². The van der Waals surface area contributed by atoms with Crippen LogP contribution in [0, 0.1) is 0 Å². The molecule has 1 amide bonds. The number of rotatable bonds is 4. The number of nitrogens with zero attached hydrogens (tertiary/aromatic N) is 2. The van der Waals surface area contributed by atoms with Crippen LogP contribution in [0.1, 0.15) is 23.8 Å². The van der Waals surface area contributed by atoms with E-state index in [1.165, 1.54) is 12.0 Å². The summed E-state index contributed by atoms with van der Waals surface area (Å²) in [6.07, 6.45) is 2.14. The fourth-order valence-electron chi connectivity index (χ4n) is 2.46. The molecule has 1 aromatic rings. The second-order valence-corrected chi connectivity index (χ2v) is 5.73. The number of carbonyl (C=O) groups excluding carboxylic acids is 1. The van der Waals surface area contributed by atoms with Crippen molar-refractivity contribution in [3.05, 3.63) is 22.4 Å². The van der Waals surface area contributed by atoms with Gasteiger partial charge < -0.3 is 19.3 Å². The first kappa shape index (κ1) is 15.1. The van der Waals surface area contributed by atoms with Gasteiger partial charge in [0.2, 0.25) is 0 Å². The number of methoxy groups -OCH3 is 1. The van der Waals surface area contributed by atoms with Crippen LogP contribution in [0.15, 0.2) is 16.7 Å². The van der Waals surface area contributed by atoms with Crippen molar-refractivity contribution in [1.29, 1.82) is 0 Å². The Balaban J connectivity index is 2.21. The Kier molecular flexibility index (Phi) is 4.19. The van der Waals surface area contributed by atoms with Gasteiger partial charge in [0.15, 0.2) is 5.60 Å². The average Bonchev–Trinajstić information content (AvgIpc) is 3.02. The third-order valence-electron chi connectivity index (χ3n) is 3.72. The molecule has 2 heterocycles. The highest BCUT2D eigenvalue weighted by Crippen LogP contribution is 2.27. The topological polar surface area (TPSA) is 71.8 Å². The van der Waals surface area contributed by atoms with Crippen molar-refractivity contribution < 1.29 is 19.4 Å². The number of carboxylic acids is 1. The first-order valence-corrected chi connectivity index (χ1v) is 7.16. The SMILES string of the molecule is CCn1cc(Br)cc1C(=O)N1CCC(OC)(C(=O)O)C1. The third kappa shape index (κ3) is 2.47. The smallest absolute Gasteiger partial charge is 0.337 e. The molecular weight excluding hydrogens is 328 g/mol. The summed E-state index contributed by atoms with van der Waals surface area (Å²) in [5, 5.41) is 9.26. The van der Waals surface area contributed by atoms with E-state index < -0.39 is 11.6 Å². The lowest BCUT2D eigenvalue weighted by molar-refractivity contribution is -0.160. The van der Waals surface area contributed by atoms with E-state index in [-0.39, 0.29) is 12.5 Å². The molecule has 0 radical (unpaired) electrons. The van der Waals surface area contributed by atoms with Crippen LogP contribution in [-0.2, 0) is 16.1 Å². The summed E-state index contributed by atoms with van der Waals surface area (Å²) < 4.78 is 7.79.